The lowest BCUT2D eigenvalue weighted by molar-refractivity contribution is -0.302. The molecule has 0 saturated carbocycles. The van der Waals surface area contributed by atoms with Gasteiger partial charge in [0.1, 0.15) is 24.1 Å². The minimum atomic E-state index is -1.44. The van der Waals surface area contributed by atoms with Crippen molar-refractivity contribution in [3.05, 3.63) is 85.6 Å². The summed E-state index contributed by atoms with van der Waals surface area (Å²) in [5, 5.41) is 11.9. The van der Waals surface area contributed by atoms with Crippen LogP contribution in [0.4, 0.5) is 4.79 Å². The highest BCUT2D eigenvalue weighted by Gasteiger charge is 2.60. The number of aryl methyl sites for hydroxylation is 1. The third kappa shape index (κ3) is 12.1. The summed E-state index contributed by atoms with van der Waals surface area (Å²) in [4.78, 5) is 70.3. The van der Waals surface area contributed by atoms with E-state index in [2.05, 4.69) is 16.5 Å². The van der Waals surface area contributed by atoms with Gasteiger partial charge in [0.05, 0.1) is 48.2 Å². The van der Waals surface area contributed by atoms with Gasteiger partial charge in [0.25, 0.3) is 0 Å². The number of aliphatic hydroxyl groups excluding tert-OH is 1. The van der Waals surface area contributed by atoms with Crippen LogP contribution in [0.5, 0.6) is 0 Å². The fourth-order valence-corrected chi connectivity index (χ4v) is 11.0. The first-order valence-corrected chi connectivity index (χ1v) is 24.6. The predicted molar refractivity (Wildman–Crippen MR) is 258 cm³/mol. The molecule has 14 atom stereocenters. The molecule has 3 aliphatic rings. The van der Waals surface area contributed by atoms with Crippen molar-refractivity contribution in [1.82, 2.24) is 24.3 Å². The van der Waals surface area contributed by atoms with Gasteiger partial charge in [0.2, 0.25) is 0 Å². The summed E-state index contributed by atoms with van der Waals surface area (Å²) >= 11 is 0. The van der Waals surface area contributed by atoms with Crippen molar-refractivity contribution in [2.24, 2.45) is 23.7 Å². The molecule has 0 spiro atoms. The standard InChI is InChI=1S/C53H75N5O11/c1-12-24-56(10)41-27-34(4)65-50(45(41)61)68-48-36(6)46(67-43(59)28-38-20-19-23-54-30-38)37(7)49(62)66-42(13-2)53(9)47(35(5)44(60)33(3)29-52(48,8)64-11)58(51(63)69-53)26-18-17-25-57-31-40(55-32-57)39-21-15-14-16-22-39/h12,14-16,19-23,30-37,41-42,45-48,50,61H,1,13,17-18,24-29H2,2-11H3/t33-,34+,35+,36+,37-,41-,42-,45+,46+,47-,48-,50-,52-,53-/m1/s1. The van der Waals surface area contributed by atoms with Gasteiger partial charge in [-0.25, -0.2) is 9.78 Å². The number of ether oxygens (including phenoxy) is 6. The number of amides is 1. The van der Waals surface area contributed by atoms with Gasteiger partial charge < -0.3 is 43.0 Å². The lowest BCUT2D eigenvalue weighted by Gasteiger charge is -2.48. The number of methoxy groups -OCH3 is 1. The van der Waals surface area contributed by atoms with Gasteiger partial charge in [-0.1, -0.05) is 70.2 Å². The second kappa shape index (κ2) is 23.3. The van der Waals surface area contributed by atoms with E-state index in [1.54, 1.807) is 62.6 Å². The summed E-state index contributed by atoms with van der Waals surface area (Å²) in [5.41, 5.74) is -0.254. The van der Waals surface area contributed by atoms with E-state index in [1.807, 2.05) is 87.7 Å². The first-order valence-electron chi connectivity index (χ1n) is 24.6. The van der Waals surface area contributed by atoms with E-state index in [4.69, 9.17) is 28.4 Å². The maximum Gasteiger partial charge on any atom is 0.410 e. The molecule has 1 N–H and O–H groups in total. The number of likely N-dealkylation sites (N-methyl/N-ethyl adjacent to an activating group) is 1. The van der Waals surface area contributed by atoms with Crippen LogP contribution in [0.15, 0.2) is 80.0 Å². The number of rotatable bonds is 16. The molecular weight excluding hydrogens is 883 g/mol. The number of nitrogens with zero attached hydrogens (tertiary/aromatic N) is 5. The Bertz CT molecular complexity index is 2190. The number of esters is 2. The molecule has 1 amide bonds. The number of cyclic esters (lactones) is 1. The van der Waals surface area contributed by atoms with E-state index in [0.717, 1.165) is 11.3 Å². The molecule has 3 aromatic rings. The van der Waals surface area contributed by atoms with E-state index < -0.39 is 89.7 Å². The Labute approximate surface area is 408 Å². The number of hydrogen-bond acceptors (Lipinski definition) is 14. The van der Waals surface area contributed by atoms with Crippen LogP contribution in [0.25, 0.3) is 11.3 Å². The van der Waals surface area contributed by atoms with Crippen LogP contribution in [-0.2, 0) is 55.8 Å². The van der Waals surface area contributed by atoms with Crippen LogP contribution in [-0.4, -0.2) is 141 Å². The highest BCUT2D eigenvalue weighted by atomic mass is 16.7. The Hall–Kier alpha value is -5.00. The number of imidazole rings is 1. The molecule has 6 rings (SSSR count). The molecule has 0 aliphatic carbocycles. The molecule has 0 unspecified atom stereocenters. The van der Waals surface area contributed by atoms with Crippen molar-refractivity contribution >= 4 is 23.8 Å². The van der Waals surface area contributed by atoms with Crippen LogP contribution < -0.4 is 0 Å². The Morgan fingerprint density at radius 1 is 1.03 bits per heavy atom. The number of unbranched alkanes of at least 4 members (excludes halogenated alkanes) is 1. The Balaban J connectivity index is 1.35. The normalized spacial score (nSPS) is 33.6. The summed E-state index contributed by atoms with van der Waals surface area (Å²) in [7, 11) is 3.42. The molecular formula is C53H75N5O11. The van der Waals surface area contributed by atoms with Crippen molar-refractivity contribution in [3.63, 3.8) is 0 Å². The van der Waals surface area contributed by atoms with Crippen molar-refractivity contribution < 1.29 is 52.7 Å². The molecule has 0 radical (unpaired) electrons. The molecule has 16 heteroatoms. The van der Waals surface area contributed by atoms with Crippen molar-refractivity contribution in [2.45, 2.75) is 161 Å². The van der Waals surface area contributed by atoms with Crippen molar-refractivity contribution in [3.8, 4) is 11.3 Å². The summed E-state index contributed by atoms with van der Waals surface area (Å²) in [6, 6.07) is 12.2. The summed E-state index contributed by atoms with van der Waals surface area (Å²) in [6.45, 7) is 19.7. The second-order valence-electron chi connectivity index (χ2n) is 19.9. The fourth-order valence-electron chi connectivity index (χ4n) is 11.0. The minimum Gasteiger partial charge on any atom is -0.461 e. The molecule has 378 valence electrons. The van der Waals surface area contributed by atoms with E-state index in [-0.39, 0.29) is 43.7 Å². The van der Waals surface area contributed by atoms with Crippen LogP contribution in [0, 0.1) is 23.7 Å². The van der Waals surface area contributed by atoms with Gasteiger partial charge in [-0.3, -0.25) is 24.3 Å². The van der Waals surface area contributed by atoms with E-state index >= 15 is 4.79 Å². The first kappa shape index (κ1) is 53.4. The predicted octanol–water partition coefficient (Wildman–Crippen LogP) is 7.07. The molecule has 16 nitrogen and oxygen atoms in total. The zero-order valence-corrected chi connectivity index (χ0v) is 42.2. The minimum absolute atomic E-state index is 0.111. The Morgan fingerprint density at radius 3 is 2.42 bits per heavy atom. The smallest absolute Gasteiger partial charge is 0.410 e. The van der Waals surface area contributed by atoms with E-state index in [1.165, 1.54) is 7.11 Å². The number of aliphatic hydroxyl groups is 1. The molecule has 3 saturated heterocycles. The van der Waals surface area contributed by atoms with E-state index in [0.29, 0.717) is 37.9 Å². The van der Waals surface area contributed by atoms with Gasteiger partial charge >= 0.3 is 18.0 Å². The van der Waals surface area contributed by atoms with Gasteiger partial charge in [-0.2, -0.15) is 0 Å². The quantitative estimate of drug-likeness (QED) is 0.0666. The zero-order chi connectivity index (χ0) is 50.2. The molecule has 0 bridgehead atoms. The second-order valence-corrected chi connectivity index (χ2v) is 19.9. The summed E-state index contributed by atoms with van der Waals surface area (Å²) < 4.78 is 40.8. The Kier molecular flexibility index (Phi) is 18.0. The van der Waals surface area contributed by atoms with Crippen molar-refractivity contribution in [1.29, 1.82) is 0 Å². The highest BCUT2D eigenvalue weighted by Crippen LogP contribution is 2.44. The molecule has 5 heterocycles. The number of benzene rings is 1. The number of carbonyl (C=O) groups excluding carboxylic acids is 4. The average molecular weight is 958 g/mol. The van der Waals surface area contributed by atoms with Crippen LogP contribution in [0.2, 0.25) is 0 Å². The average Bonchev–Trinajstić information content (AvgIpc) is 3.91. The third-order valence-corrected chi connectivity index (χ3v) is 14.8. The monoisotopic (exact) mass is 958 g/mol. The first-order chi connectivity index (χ1) is 32.8. The SMILES string of the molecule is C=CCN(C)[C@@H]1C[C@H](C)O[C@H](O[C@@H]2[C@@H](C)[C@H](OC(=O)Cc3cccnc3)[C@@H](C)C(=O)O[C@H](CC)[C@@]3(C)OC(=O)N(CCCCn4cnc(-c5ccccc5)c4)[C@@H]3[C@@H](C)C(=O)[C@H](C)C[C@@]2(C)OC)[C@H]1O. The van der Waals surface area contributed by atoms with Gasteiger partial charge in [-0.05, 0) is 78.5 Å². The Morgan fingerprint density at radius 2 is 1.75 bits per heavy atom. The summed E-state index contributed by atoms with van der Waals surface area (Å²) in [5.74, 6) is -4.86. The van der Waals surface area contributed by atoms with E-state index in [9.17, 15) is 19.5 Å². The highest BCUT2D eigenvalue weighted by molar-refractivity contribution is 5.85. The lowest BCUT2D eigenvalue weighted by Crippen LogP contribution is -2.61. The molecule has 69 heavy (non-hydrogen) atoms. The lowest BCUT2D eigenvalue weighted by atomic mass is 9.73. The number of fused-ring (bicyclic) bond motifs is 1. The molecule has 2 aromatic heterocycles. The zero-order valence-electron chi connectivity index (χ0n) is 42.2. The number of pyridine rings is 1. The van der Waals surface area contributed by atoms with Crippen LogP contribution in [0.1, 0.15) is 93.1 Å². The number of Topliss-reactive ketones (excluding diaryl/α,β-unsaturated/α-hetero) is 1. The summed E-state index contributed by atoms with van der Waals surface area (Å²) in [6.07, 6.45) is 4.35. The van der Waals surface area contributed by atoms with Crippen LogP contribution >= 0.6 is 0 Å². The van der Waals surface area contributed by atoms with Crippen molar-refractivity contribution in [2.75, 3.05) is 27.2 Å². The van der Waals surface area contributed by atoms with Crippen LogP contribution in [0.3, 0.4) is 0 Å². The number of ketones is 1. The number of carbonyl (C=O) groups is 4. The van der Waals surface area contributed by atoms with Gasteiger partial charge in [0.15, 0.2) is 11.9 Å². The largest absolute Gasteiger partial charge is 0.461 e. The van der Waals surface area contributed by atoms with Gasteiger partial charge in [0, 0.05) is 74.7 Å². The van der Waals surface area contributed by atoms with Gasteiger partial charge in [-0.15, -0.1) is 6.58 Å². The number of hydrogen-bond donors (Lipinski definition) is 1. The topological polar surface area (TPSA) is 181 Å². The molecule has 3 fully saturated rings. The maximum absolute atomic E-state index is 15.1. The molecule has 3 aliphatic heterocycles. The molecule has 1 aromatic carbocycles. The maximum atomic E-state index is 15.1. The third-order valence-electron chi connectivity index (χ3n) is 14.8. The number of aromatic nitrogens is 3. The fraction of sp³-hybridized carbons (Fsp3) is 0.623.